The number of aryl methyl sites for hydroxylation is 2. The molecule has 7 heteroatoms. The molecule has 0 aliphatic heterocycles. The molecule has 0 saturated heterocycles. The lowest BCUT2D eigenvalue weighted by atomic mass is 10.1. The van der Waals surface area contributed by atoms with E-state index in [2.05, 4.69) is 15.6 Å². The van der Waals surface area contributed by atoms with Gasteiger partial charge in [0.2, 0.25) is 5.91 Å². The van der Waals surface area contributed by atoms with E-state index in [1.165, 1.54) is 6.07 Å². The molecule has 0 saturated carbocycles. The van der Waals surface area contributed by atoms with Crippen molar-refractivity contribution in [2.24, 2.45) is 13.0 Å². The van der Waals surface area contributed by atoms with Crippen molar-refractivity contribution in [3.63, 3.8) is 0 Å². The summed E-state index contributed by atoms with van der Waals surface area (Å²) in [5.41, 5.74) is 3.22. The zero-order valence-electron chi connectivity index (χ0n) is 17.0. The van der Waals surface area contributed by atoms with Crippen LogP contribution in [0.25, 0.3) is 11.0 Å². The number of amides is 2. The summed E-state index contributed by atoms with van der Waals surface area (Å²) in [7, 11) is 1.91. The van der Waals surface area contributed by atoms with Crippen LogP contribution >= 0.6 is 0 Å². The second-order valence-electron chi connectivity index (χ2n) is 7.40. The number of aromatic nitrogens is 2. The standard InChI is InChI=1S/C22H25FN4O2/c1-13(2)21(28)25-16-7-8-19-18(12-16)26-20(27(19)4)9-10-24-22(29)15-6-5-14(3)17(23)11-15/h5-8,11-13H,9-10H2,1-4H3,(H,24,29)(H,25,28). The molecule has 0 radical (unpaired) electrons. The molecule has 2 N–H and O–H groups in total. The van der Waals surface area contributed by atoms with Gasteiger partial charge in [0.1, 0.15) is 11.6 Å². The van der Waals surface area contributed by atoms with Crippen LogP contribution in [0.2, 0.25) is 0 Å². The van der Waals surface area contributed by atoms with Crippen LogP contribution in [-0.2, 0) is 18.3 Å². The van der Waals surface area contributed by atoms with Gasteiger partial charge in [0.05, 0.1) is 11.0 Å². The highest BCUT2D eigenvalue weighted by Crippen LogP contribution is 2.20. The summed E-state index contributed by atoms with van der Waals surface area (Å²) in [4.78, 5) is 28.7. The molecule has 29 heavy (non-hydrogen) atoms. The van der Waals surface area contributed by atoms with E-state index in [1.54, 1.807) is 19.1 Å². The van der Waals surface area contributed by atoms with Crippen molar-refractivity contribution in [1.82, 2.24) is 14.9 Å². The van der Waals surface area contributed by atoms with Gasteiger partial charge in [-0.05, 0) is 42.8 Å². The molecular formula is C22H25FN4O2. The predicted octanol–water partition coefficient (Wildman–Crippen LogP) is 3.59. The van der Waals surface area contributed by atoms with Crippen molar-refractivity contribution in [1.29, 1.82) is 0 Å². The first-order chi connectivity index (χ1) is 13.8. The van der Waals surface area contributed by atoms with E-state index >= 15 is 0 Å². The van der Waals surface area contributed by atoms with Gasteiger partial charge in [-0.15, -0.1) is 0 Å². The molecule has 0 atom stereocenters. The highest BCUT2D eigenvalue weighted by atomic mass is 19.1. The number of halogens is 1. The Morgan fingerprint density at radius 2 is 1.93 bits per heavy atom. The Bertz CT molecular complexity index is 1070. The summed E-state index contributed by atoms with van der Waals surface area (Å²) < 4.78 is 15.6. The zero-order chi connectivity index (χ0) is 21.1. The van der Waals surface area contributed by atoms with Crippen LogP contribution in [0.15, 0.2) is 36.4 Å². The second kappa shape index (κ2) is 8.43. The first-order valence-corrected chi connectivity index (χ1v) is 9.57. The monoisotopic (exact) mass is 396 g/mol. The maximum Gasteiger partial charge on any atom is 0.251 e. The molecule has 2 amide bonds. The third-order valence-corrected chi connectivity index (χ3v) is 4.83. The number of anilines is 1. The van der Waals surface area contributed by atoms with Crippen LogP contribution in [0, 0.1) is 18.7 Å². The second-order valence-corrected chi connectivity index (χ2v) is 7.40. The Morgan fingerprint density at radius 3 is 2.62 bits per heavy atom. The van der Waals surface area contributed by atoms with Gasteiger partial charge in [-0.3, -0.25) is 9.59 Å². The zero-order valence-corrected chi connectivity index (χ0v) is 17.0. The Balaban J connectivity index is 1.66. The number of benzene rings is 2. The third-order valence-electron chi connectivity index (χ3n) is 4.83. The normalized spacial score (nSPS) is 11.1. The Labute approximate surface area is 169 Å². The fourth-order valence-electron chi connectivity index (χ4n) is 2.96. The average Bonchev–Trinajstić information content (AvgIpc) is 2.99. The van der Waals surface area contributed by atoms with Crippen molar-refractivity contribution < 1.29 is 14.0 Å². The van der Waals surface area contributed by atoms with E-state index < -0.39 is 5.82 Å². The molecule has 0 spiro atoms. The molecule has 0 aliphatic carbocycles. The fourth-order valence-corrected chi connectivity index (χ4v) is 2.96. The van der Waals surface area contributed by atoms with Crippen molar-refractivity contribution in [3.8, 4) is 0 Å². The first kappa shape index (κ1) is 20.5. The van der Waals surface area contributed by atoms with E-state index in [0.717, 1.165) is 16.9 Å². The SMILES string of the molecule is Cc1ccc(C(=O)NCCc2nc3cc(NC(=O)C(C)C)ccc3n2C)cc1F. The van der Waals surface area contributed by atoms with Crippen LogP contribution in [0.4, 0.5) is 10.1 Å². The smallest absolute Gasteiger partial charge is 0.251 e. The minimum Gasteiger partial charge on any atom is -0.352 e. The Hall–Kier alpha value is -3.22. The van der Waals surface area contributed by atoms with E-state index in [9.17, 15) is 14.0 Å². The number of nitrogens with zero attached hydrogens (tertiary/aromatic N) is 2. The molecule has 1 aromatic heterocycles. The minimum atomic E-state index is -0.395. The summed E-state index contributed by atoms with van der Waals surface area (Å²) in [6.07, 6.45) is 0.527. The molecule has 0 bridgehead atoms. The van der Waals surface area contributed by atoms with E-state index in [-0.39, 0.29) is 17.7 Å². The Kier molecular flexibility index (Phi) is 5.96. The molecule has 3 aromatic rings. The maximum absolute atomic E-state index is 13.6. The van der Waals surface area contributed by atoms with Crippen LogP contribution < -0.4 is 10.6 Å². The van der Waals surface area contributed by atoms with Gasteiger partial charge in [0.15, 0.2) is 0 Å². The van der Waals surface area contributed by atoms with Gasteiger partial charge in [0, 0.05) is 37.2 Å². The lowest BCUT2D eigenvalue weighted by Crippen LogP contribution is -2.26. The fraction of sp³-hybridized carbons (Fsp3) is 0.318. The summed E-state index contributed by atoms with van der Waals surface area (Å²) in [5.74, 6) is -0.0520. The highest BCUT2D eigenvalue weighted by molar-refractivity contribution is 5.95. The molecule has 1 heterocycles. The number of hydrogen-bond acceptors (Lipinski definition) is 3. The summed E-state index contributed by atoms with van der Waals surface area (Å²) in [6.45, 7) is 5.71. The van der Waals surface area contributed by atoms with E-state index in [1.807, 2.05) is 43.7 Å². The molecule has 152 valence electrons. The van der Waals surface area contributed by atoms with Gasteiger partial charge in [-0.25, -0.2) is 9.37 Å². The van der Waals surface area contributed by atoms with Crippen molar-refractivity contribution >= 4 is 28.5 Å². The lowest BCUT2D eigenvalue weighted by Gasteiger charge is -2.07. The van der Waals surface area contributed by atoms with Gasteiger partial charge in [-0.2, -0.15) is 0 Å². The first-order valence-electron chi connectivity index (χ1n) is 9.57. The quantitative estimate of drug-likeness (QED) is 0.669. The maximum atomic E-state index is 13.6. The Morgan fingerprint density at radius 1 is 1.17 bits per heavy atom. The number of imidazole rings is 1. The largest absolute Gasteiger partial charge is 0.352 e. The van der Waals surface area contributed by atoms with Crippen LogP contribution in [-0.4, -0.2) is 27.9 Å². The van der Waals surface area contributed by atoms with Crippen molar-refractivity contribution in [3.05, 3.63) is 59.2 Å². The van der Waals surface area contributed by atoms with Gasteiger partial charge in [-0.1, -0.05) is 19.9 Å². The summed E-state index contributed by atoms with van der Waals surface area (Å²) in [5, 5.41) is 5.67. The topological polar surface area (TPSA) is 76.0 Å². The number of carbonyl (C=O) groups is 2. The number of rotatable bonds is 6. The number of hydrogen-bond donors (Lipinski definition) is 2. The molecule has 0 fully saturated rings. The highest BCUT2D eigenvalue weighted by Gasteiger charge is 2.12. The number of nitrogens with one attached hydrogen (secondary N) is 2. The van der Waals surface area contributed by atoms with E-state index in [4.69, 9.17) is 0 Å². The number of fused-ring (bicyclic) bond motifs is 1. The van der Waals surface area contributed by atoms with Gasteiger partial charge < -0.3 is 15.2 Å². The summed E-state index contributed by atoms with van der Waals surface area (Å²) >= 11 is 0. The lowest BCUT2D eigenvalue weighted by molar-refractivity contribution is -0.118. The third kappa shape index (κ3) is 4.62. The van der Waals surface area contributed by atoms with Crippen LogP contribution in [0.3, 0.4) is 0 Å². The molecule has 0 unspecified atom stereocenters. The van der Waals surface area contributed by atoms with Crippen LogP contribution in [0.1, 0.15) is 35.6 Å². The predicted molar refractivity (Wildman–Crippen MR) is 111 cm³/mol. The summed E-state index contributed by atoms with van der Waals surface area (Å²) in [6, 6.07) is 10.0. The number of carbonyl (C=O) groups excluding carboxylic acids is 2. The van der Waals surface area contributed by atoms with Crippen molar-refractivity contribution in [2.75, 3.05) is 11.9 Å². The molecule has 2 aromatic carbocycles. The van der Waals surface area contributed by atoms with Crippen molar-refractivity contribution in [2.45, 2.75) is 27.2 Å². The van der Waals surface area contributed by atoms with Gasteiger partial charge in [0.25, 0.3) is 5.91 Å². The average molecular weight is 396 g/mol. The van der Waals surface area contributed by atoms with Crippen LogP contribution in [0.5, 0.6) is 0 Å². The van der Waals surface area contributed by atoms with Gasteiger partial charge >= 0.3 is 0 Å². The van der Waals surface area contributed by atoms with E-state index in [0.29, 0.717) is 29.8 Å². The molecular weight excluding hydrogens is 371 g/mol. The molecule has 3 rings (SSSR count). The molecule has 6 nitrogen and oxygen atoms in total. The minimum absolute atomic E-state index is 0.0456. The molecule has 0 aliphatic rings.